The first-order valence-electron chi connectivity index (χ1n) is 7.33. The summed E-state index contributed by atoms with van der Waals surface area (Å²) < 4.78 is 5.66. The number of nitrogens with one attached hydrogen (secondary N) is 2. The third-order valence-electron chi connectivity index (χ3n) is 2.80. The lowest BCUT2D eigenvalue weighted by molar-refractivity contribution is 0.0381. The van der Waals surface area contributed by atoms with Crippen molar-refractivity contribution >= 4 is 17.7 Å². The summed E-state index contributed by atoms with van der Waals surface area (Å²) in [6.45, 7) is 5.23. The molecule has 25 heavy (non-hydrogen) atoms. The molecule has 1 amide bonds. The van der Waals surface area contributed by atoms with Crippen LogP contribution in [0.25, 0.3) is 0 Å². The highest BCUT2D eigenvalue weighted by Crippen LogP contribution is 2.19. The maximum atomic E-state index is 12.0. The molecule has 0 aliphatic heterocycles. The van der Waals surface area contributed by atoms with E-state index in [1.807, 2.05) is 0 Å². The molecule has 0 radical (unpaired) electrons. The van der Waals surface area contributed by atoms with Crippen molar-refractivity contribution in [3.8, 4) is 11.8 Å². The second-order valence-electron chi connectivity index (χ2n) is 6.05. The highest BCUT2D eigenvalue weighted by atomic mass is 16.7. The Morgan fingerprint density at radius 1 is 1.00 bits per heavy atom. The minimum atomic E-state index is -0.784. The number of carbonyl (C=O) groups is 2. The van der Waals surface area contributed by atoms with Crippen LogP contribution in [0.15, 0.2) is 36.4 Å². The minimum absolute atomic E-state index is 0.176. The average Bonchev–Trinajstić information content (AvgIpc) is 2.83. The van der Waals surface area contributed by atoms with E-state index in [9.17, 15) is 19.8 Å². The van der Waals surface area contributed by atoms with E-state index in [0.717, 1.165) is 0 Å². The summed E-state index contributed by atoms with van der Waals surface area (Å²) in [4.78, 5) is 28.4. The van der Waals surface area contributed by atoms with Gasteiger partial charge in [-0.25, -0.2) is 15.0 Å². The van der Waals surface area contributed by atoms with E-state index < -0.39 is 29.4 Å². The molecule has 0 fully saturated rings. The summed E-state index contributed by atoms with van der Waals surface area (Å²) in [5.41, 5.74) is 5.06. The molecule has 1 heterocycles. The van der Waals surface area contributed by atoms with Crippen molar-refractivity contribution in [2.75, 3.05) is 5.43 Å². The largest absolute Gasteiger partial charge is 0.492 e. The first-order valence-corrected chi connectivity index (χ1v) is 7.33. The number of amides is 1. The number of anilines is 1. The molecule has 9 nitrogen and oxygen atoms in total. The van der Waals surface area contributed by atoms with Crippen LogP contribution in [0.4, 0.5) is 10.5 Å². The van der Waals surface area contributed by atoms with Crippen LogP contribution in [0.5, 0.6) is 11.8 Å². The second kappa shape index (κ2) is 7.04. The molecule has 1 aromatic heterocycles. The summed E-state index contributed by atoms with van der Waals surface area (Å²) in [7, 11) is 0. The molecule has 0 saturated carbocycles. The number of rotatable bonds is 4. The quantitative estimate of drug-likeness (QED) is 0.623. The molecule has 4 N–H and O–H groups in total. The zero-order valence-electron chi connectivity index (χ0n) is 13.9. The highest BCUT2D eigenvalue weighted by molar-refractivity contribution is 5.90. The Morgan fingerprint density at radius 3 is 2.08 bits per heavy atom. The van der Waals surface area contributed by atoms with Crippen LogP contribution in [0, 0.1) is 0 Å². The maximum absolute atomic E-state index is 12.0. The van der Waals surface area contributed by atoms with Gasteiger partial charge in [-0.1, -0.05) is 0 Å². The number of nitrogens with zero attached hydrogens (tertiary/aromatic N) is 1. The fraction of sp³-hybridized carbons (Fsp3) is 0.250. The molecule has 0 saturated heterocycles. The minimum Gasteiger partial charge on any atom is -0.492 e. The average molecular weight is 349 g/mol. The van der Waals surface area contributed by atoms with Crippen LogP contribution >= 0.6 is 0 Å². The predicted molar refractivity (Wildman–Crippen MR) is 88.1 cm³/mol. The van der Waals surface area contributed by atoms with E-state index in [-0.39, 0.29) is 5.56 Å². The second-order valence-corrected chi connectivity index (χ2v) is 6.05. The van der Waals surface area contributed by atoms with Gasteiger partial charge in [0.1, 0.15) is 5.60 Å². The lowest BCUT2D eigenvalue weighted by atomic mass is 10.2. The zero-order valence-corrected chi connectivity index (χ0v) is 13.9. The van der Waals surface area contributed by atoms with Crippen molar-refractivity contribution in [2.45, 2.75) is 26.4 Å². The molecule has 1 aromatic carbocycles. The fourth-order valence-corrected chi connectivity index (χ4v) is 1.75. The molecule has 2 rings (SSSR count). The number of hydrazine groups is 1. The zero-order chi connectivity index (χ0) is 18.6. The van der Waals surface area contributed by atoms with Gasteiger partial charge < -0.3 is 19.8 Å². The Hall–Kier alpha value is -3.36. The molecule has 134 valence electrons. The molecule has 9 heteroatoms. The number of ether oxygens (including phenoxy) is 1. The van der Waals surface area contributed by atoms with Crippen molar-refractivity contribution < 1.29 is 29.4 Å². The molecule has 0 atom stereocenters. The predicted octanol–water partition coefficient (Wildman–Crippen LogP) is 2.02. The van der Waals surface area contributed by atoms with Crippen molar-refractivity contribution in [3.63, 3.8) is 0 Å². The van der Waals surface area contributed by atoms with E-state index in [0.29, 0.717) is 10.4 Å². The van der Waals surface area contributed by atoms with Gasteiger partial charge >= 0.3 is 12.1 Å². The van der Waals surface area contributed by atoms with Crippen LogP contribution in [0.2, 0.25) is 0 Å². The van der Waals surface area contributed by atoms with Crippen LogP contribution in [0.1, 0.15) is 31.1 Å². The van der Waals surface area contributed by atoms with Crippen molar-refractivity contribution in [2.24, 2.45) is 0 Å². The summed E-state index contributed by atoms with van der Waals surface area (Å²) in [6, 6.07) is 8.31. The third-order valence-corrected chi connectivity index (χ3v) is 2.80. The van der Waals surface area contributed by atoms with Crippen molar-refractivity contribution in [3.05, 3.63) is 42.0 Å². The van der Waals surface area contributed by atoms with Gasteiger partial charge in [0.05, 0.1) is 11.3 Å². The topological polar surface area (TPSA) is 122 Å². The number of benzene rings is 1. The fourth-order valence-electron chi connectivity index (χ4n) is 1.75. The van der Waals surface area contributed by atoms with Gasteiger partial charge in [-0.15, -0.1) is 4.73 Å². The Balaban J connectivity index is 1.93. The molecule has 0 aliphatic rings. The molecule has 0 spiro atoms. The molecule has 0 unspecified atom stereocenters. The lowest BCUT2D eigenvalue weighted by Crippen LogP contribution is -2.35. The van der Waals surface area contributed by atoms with Crippen molar-refractivity contribution in [1.82, 2.24) is 10.2 Å². The van der Waals surface area contributed by atoms with Gasteiger partial charge in [0.25, 0.3) is 0 Å². The van der Waals surface area contributed by atoms with Gasteiger partial charge in [-0.2, -0.15) is 0 Å². The van der Waals surface area contributed by atoms with Crippen LogP contribution in [-0.4, -0.2) is 32.6 Å². The van der Waals surface area contributed by atoms with Crippen LogP contribution < -0.4 is 15.7 Å². The highest BCUT2D eigenvalue weighted by Gasteiger charge is 2.16. The Morgan fingerprint density at radius 2 is 1.56 bits per heavy atom. The SMILES string of the molecule is CC(C)(C)OC(=O)NNc1ccc(C(=O)On2c(O)ccc2O)cc1. The lowest BCUT2D eigenvalue weighted by Gasteiger charge is -2.20. The van der Waals surface area contributed by atoms with E-state index in [4.69, 9.17) is 9.57 Å². The summed E-state index contributed by atoms with van der Waals surface area (Å²) in [5.74, 6) is -1.61. The van der Waals surface area contributed by atoms with Gasteiger partial charge in [0, 0.05) is 12.1 Å². The van der Waals surface area contributed by atoms with Crippen LogP contribution in [0.3, 0.4) is 0 Å². The number of carbonyl (C=O) groups excluding carboxylic acids is 2. The van der Waals surface area contributed by atoms with Gasteiger partial charge in [-0.05, 0) is 45.0 Å². The summed E-state index contributed by atoms with van der Waals surface area (Å²) >= 11 is 0. The number of hydrogen-bond acceptors (Lipinski definition) is 7. The Kier molecular flexibility index (Phi) is 5.06. The first-order chi connectivity index (χ1) is 11.7. The molecule has 2 aromatic rings. The smallest absolute Gasteiger partial charge is 0.426 e. The number of aromatic hydroxyl groups is 2. The molecule has 0 aliphatic carbocycles. The first kappa shape index (κ1) is 18.0. The molecule has 0 bridgehead atoms. The van der Waals surface area contributed by atoms with Gasteiger partial charge in [0.15, 0.2) is 0 Å². The summed E-state index contributed by atoms with van der Waals surface area (Å²) in [6.07, 6.45) is -0.644. The summed E-state index contributed by atoms with van der Waals surface area (Å²) in [5, 5.41) is 18.9. The van der Waals surface area contributed by atoms with Gasteiger partial charge in [0.2, 0.25) is 11.8 Å². The monoisotopic (exact) mass is 349 g/mol. The number of aromatic nitrogens is 1. The molecular weight excluding hydrogens is 330 g/mol. The maximum Gasteiger partial charge on any atom is 0.426 e. The number of hydrogen-bond donors (Lipinski definition) is 4. The van der Waals surface area contributed by atoms with Crippen molar-refractivity contribution in [1.29, 1.82) is 0 Å². The third kappa shape index (κ3) is 5.06. The van der Waals surface area contributed by atoms with E-state index >= 15 is 0 Å². The van der Waals surface area contributed by atoms with Crippen LogP contribution in [-0.2, 0) is 4.74 Å². The van der Waals surface area contributed by atoms with Gasteiger partial charge in [-0.3, -0.25) is 5.43 Å². The standard InChI is InChI=1S/C16H19N3O6/c1-16(2,3)24-15(23)18-17-11-6-4-10(5-7-11)14(22)25-19-12(20)8-9-13(19)21/h4-9,17,20-21H,1-3H3,(H,18,23). The molecular formula is C16H19N3O6. The van der Waals surface area contributed by atoms with E-state index in [1.54, 1.807) is 20.8 Å². The van der Waals surface area contributed by atoms with E-state index in [2.05, 4.69) is 10.9 Å². The Bertz CT molecular complexity index is 742. The Labute approximate surface area is 143 Å². The van der Waals surface area contributed by atoms with E-state index in [1.165, 1.54) is 36.4 Å². The normalized spacial score (nSPS) is 10.8.